The Labute approximate surface area is 173 Å². The molecule has 0 radical (unpaired) electrons. The molecule has 0 bridgehead atoms. The molecule has 0 heterocycles. The van der Waals surface area contributed by atoms with Gasteiger partial charge in [0.05, 0.1) is 0 Å². The Bertz CT molecular complexity index is 955. The number of hydrogen-bond acceptors (Lipinski definition) is 2. The minimum Gasteiger partial charge on any atom is -0.369 e. The van der Waals surface area contributed by atoms with Gasteiger partial charge < -0.3 is 10.6 Å². The molecule has 3 atom stereocenters. The molecule has 3 nitrogen and oxygen atoms in total. The lowest BCUT2D eigenvalue weighted by Crippen LogP contribution is -2.43. The molecule has 3 aromatic carbocycles. The van der Waals surface area contributed by atoms with Crippen LogP contribution in [-0.4, -0.2) is 24.4 Å². The predicted octanol–water partition coefficient (Wildman–Crippen LogP) is 4.22. The van der Waals surface area contributed by atoms with Crippen LogP contribution in [0.25, 0.3) is 0 Å². The third-order valence-electron chi connectivity index (χ3n) is 6.12. The standard InChI is InChI=1S/C26H28N2O/c1-28(17-19-10-4-2-5-11-19)18-24-23(26(27)29)16-21-14-8-9-15-22(21)25(24)20-12-6-3-7-13-20/h2-15,23-25H,16-18H2,1H3,(H2,27,29). The number of benzene rings is 3. The highest BCUT2D eigenvalue weighted by molar-refractivity contribution is 5.78. The molecular formula is C26H28N2O. The van der Waals surface area contributed by atoms with E-state index in [0.29, 0.717) is 0 Å². The normalized spacial score (nSPS) is 21.0. The fourth-order valence-electron chi connectivity index (χ4n) is 4.83. The number of rotatable bonds is 6. The van der Waals surface area contributed by atoms with E-state index in [-0.39, 0.29) is 23.7 Å². The van der Waals surface area contributed by atoms with Crippen LogP contribution in [0.3, 0.4) is 0 Å². The van der Waals surface area contributed by atoms with Crippen molar-refractivity contribution in [3.8, 4) is 0 Å². The maximum absolute atomic E-state index is 12.5. The Balaban J connectivity index is 1.70. The van der Waals surface area contributed by atoms with E-state index in [4.69, 9.17) is 5.73 Å². The average molecular weight is 385 g/mol. The van der Waals surface area contributed by atoms with Gasteiger partial charge in [0.25, 0.3) is 0 Å². The van der Waals surface area contributed by atoms with Gasteiger partial charge in [-0.05, 0) is 41.6 Å². The first-order valence-corrected chi connectivity index (χ1v) is 10.3. The first-order chi connectivity index (χ1) is 14.1. The van der Waals surface area contributed by atoms with Gasteiger partial charge in [0.1, 0.15) is 0 Å². The van der Waals surface area contributed by atoms with Crippen molar-refractivity contribution in [2.75, 3.05) is 13.6 Å². The largest absolute Gasteiger partial charge is 0.369 e. The van der Waals surface area contributed by atoms with Crippen molar-refractivity contribution in [1.29, 1.82) is 0 Å². The number of carbonyl (C=O) groups excluding carboxylic acids is 1. The van der Waals surface area contributed by atoms with Crippen LogP contribution in [0.4, 0.5) is 0 Å². The van der Waals surface area contributed by atoms with Gasteiger partial charge in [0.15, 0.2) is 0 Å². The Morgan fingerprint density at radius 3 is 2.24 bits per heavy atom. The molecule has 3 heteroatoms. The van der Waals surface area contributed by atoms with Gasteiger partial charge >= 0.3 is 0 Å². The van der Waals surface area contributed by atoms with Gasteiger partial charge in [-0.1, -0.05) is 84.9 Å². The van der Waals surface area contributed by atoms with Gasteiger partial charge in [0, 0.05) is 24.9 Å². The van der Waals surface area contributed by atoms with E-state index in [9.17, 15) is 4.79 Å². The van der Waals surface area contributed by atoms with Crippen LogP contribution >= 0.6 is 0 Å². The van der Waals surface area contributed by atoms with E-state index in [2.05, 4.69) is 84.7 Å². The monoisotopic (exact) mass is 384 g/mol. The molecule has 0 spiro atoms. The van der Waals surface area contributed by atoms with Gasteiger partial charge in [-0.2, -0.15) is 0 Å². The fraction of sp³-hybridized carbons (Fsp3) is 0.269. The number of nitrogens with zero attached hydrogens (tertiary/aromatic N) is 1. The van der Waals surface area contributed by atoms with Crippen molar-refractivity contribution < 1.29 is 4.79 Å². The summed E-state index contributed by atoms with van der Waals surface area (Å²) in [6.07, 6.45) is 0.721. The number of fused-ring (bicyclic) bond motifs is 1. The Hall–Kier alpha value is -2.91. The van der Waals surface area contributed by atoms with Crippen LogP contribution in [-0.2, 0) is 17.8 Å². The second kappa shape index (κ2) is 8.62. The first-order valence-electron chi connectivity index (χ1n) is 10.3. The summed E-state index contributed by atoms with van der Waals surface area (Å²) in [6.45, 7) is 1.67. The number of primary amides is 1. The van der Waals surface area contributed by atoms with E-state index in [1.165, 1.54) is 22.3 Å². The molecule has 1 aliphatic carbocycles. The van der Waals surface area contributed by atoms with E-state index < -0.39 is 0 Å². The van der Waals surface area contributed by atoms with E-state index in [1.54, 1.807) is 0 Å². The van der Waals surface area contributed by atoms with Crippen molar-refractivity contribution in [3.63, 3.8) is 0 Å². The SMILES string of the molecule is CN(Cc1ccccc1)CC1C(C(N)=O)Cc2ccccc2C1c1ccccc1. The lowest BCUT2D eigenvalue weighted by atomic mass is 9.66. The molecule has 0 fully saturated rings. The maximum atomic E-state index is 12.5. The third-order valence-corrected chi connectivity index (χ3v) is 6.12. The third kappa shape index (κ3) is 4.25. The van der Waals surface area contributed by atoms with Crippen LogP contribution in [0, 0.1) is 11.8 Å². The predicted molar refractivity (Wildman–Crippen MR) is 117 cm³/mol. The maximum Gasteiger partial charge on any atom is 0.221 e. The van der Waals surface area contributed by atoms with Crippen LogP contribution in [0.2, 0.25) is 0 Å². The summed E-state index contributed by atoms with van der Waals surface area (Å²) in [7, 11) is 2.13. The molecule has 2 N–H and O–H groups in total. The van der Waals surface area contributed by atoms with E-state index >= 15 is 0 Å². The van der Waals surface area contributed by atoms with E-state index in [1.807, 2.05) is 12.1 Å². The molecular weight excluding hydrogens is 356 g/mol. The molecule has 1 aliphatic rings. The van der Waals surface area contributed by atoms with Crippen molar-refractivity contribution in [3.05, 3.63) is 107 Å². The zero-order valence-electron chi connectivity index (χ0n) is 16.9. The number of carbonyl (C=O) groups is 1. The zero-order chi connectivity index (χ0) is 20.2. The lowest BCUT2D eigenvalue weighted by Gasteiger charge is -2.40. The van der Waals surface area contributed by atoms with Gasteiger partial charge in [-0.3, -0.25) is 4.79 Å². The number of hydrogen-bond donors (Lipinski definition) is 1. The second-order valence-corrected chi connectivity index (χ2v) is 8.15. The molecule has 0 aromatic heterocycles. The van der Waals surface area contributed by atoms with Crippen molar-refractivity contribution in [1.82, 2.24) is 4.90 Å². The summed E-state index contributed by atoms with van der Waals surface area (Å²) < 4.78 is 0. The van der Waals surface area contributed by atoms with Gasteiger partial charge in [-0.25, -0.2) is 0 Å². The minimum absolute atomic E-state index is 0.138. The Kier molecular flexibility index (Phi) is 5.77. The highest BCUT2D eigenvalue weighted by atomic mass is 16.1. The van der Waals surface area contributed by atoms with Crippen LogP contribution < -0.4 is 5.73 Å². The lowest BCUT2D eigenvalue weighted by molar-refractivity contribution is -0.124. The molecule has 148 valence electrons. The molecule has 4 rings (SSSR count). The highest BCUT2D eigenvalue weighted by Gasteiger charge is 2.40. The summed E-state index contributed by atoms with van der Waals surface area (Å²) in [6, 6.07) is 29.5. The quantitative estimate of drug-likeness (QED) is 0.691. The topological polar surface area (TPSA) is 46.3 Å². The van der Waals surface area contributed by atoms with Crippen LogP contribution in [0.5, 0.6) is 0 Å². The van der Waals surface area contributed by atoms with Crippen molar-refractivity contribution in [2.45, 2.75) is 18.9 Å². The molecule has 0 saturated heterocycles. The average Bonchev–Trinajstić information content (AvgIpc) is 2.74. The number of nitrogens with two attached hydrogens (primary N) is 1. The summed E-state index contributed by atoms with van der Waals surface area (Å²) in [5, 5.41) is 0. The smallest absolute Gasteiger partial charge is 0.221 e. The van der Waals surface area contributed by atoms with Crippen molar-refractivity contribution in [2.24, 2.45) is 17.6 Å². The molecule has 0 saturated carbocycles. The van der Waals surface area contributed by atoms with Gasteiger partial charge in [-0.15, -0.1) is 0 Å². The zero-order valence-corrected chi connectivity index (χ0v) is 16.9. The van der Waals surface area contributed by atoms with Crippen LogP contribution in [0.15, 0.2) is 84.9 Å². The molecule has 3 unspecified atom stereocenters. The van der Waals surface area contributed by atoms with Gasteiger partial charge in [0.2, 0.25) is 5.91 Å². The minimum atomic E-state index is -0.196. The van der Waals surface area contributed by atoms with Crippen LogP contribution in [0.1, 0.15) is 28.2 Å². The van der Waals surface area contributed by atoms with E-state index in [0.717, 1.165) is 19.5 Å². The molecule has 0 aliphatic heterocycles. The fourth-order valence-corrected chi connectivity index (χ4v) is 4.83. The molecule has 1 amide bonds. The van der Waals surface area contributed by atoms with Crippen molar-refractivity contribution >= 4 is 5.91 Å². The summed E-state index contributed by atoms with van der Waals surface area (Å²) >= 11 is 0. The Morgan fingerprint density at radius 2 is 1.55 bits per heavy atom. The highest BCUT2D eigenvalue weighted by Crippen LogP contribution is 2.44. The molecule has 3 aromatic rings. The second-order valence-electron chi connectivity index (χ2n) is 8.15. The molecule has 29 heavy (non-hydrogen) atoms. The summed E-state index contributed by atoms with van der Waals surface area (Å²) in [4.78, 5) is 14.8. The summed E-state index contributed by atoms with van der Waals surface area (Å²) in [5.41, 5.74) is 11.0. The Morgan fingerprint density at radius 1 is 0.931 bits per heavy atom. The first kappa shape index (κ1) is 19.4. The summed E-state index contributed by atoms with van der Waals surface area (Å²) in [5.74, 6) is -0.0674. The number of amides is 1.